The largest absolute Gasteiger partial charge is 0.480 e. The van der Waals surface area contributed by atoms with Crippen molar-refractivity contribution in [2.24, 2.45) is 0 Å². The molecule has 0 aliphatic rings. The van der Waals surface area contributed by atoms with E-state index in [0.29, 0.717) is 0 Å². The number of aromatic nitrogens is 1. The lowest BCUT2D eigenvalue weighted by Crippen LogP contribution is -2.45. The smallest absolute Gasteiger partial charge is 0.317 e. The van der Waals surface area contributed by atoms with Gasteiger partial charge in [0.05, 0.1) is 12.1 Å². The van der Waals surface area contributed by atoms with E-state index in [4.69, 9.17) is 5.11 Å². The maximum Gasteiger partial charge on any atom is 0.317 e. The van der Waals surface area contributed by atoms with Gasteiger partial charge in [0.25, 0.3) is 0 Å². The van der Waals surface area contributed by atoms with Crippen LogP contribution in [0.2, 0.25) is 0 Å². The number of carbonyl (C=O) groups is 1. The predicted molar refractivity (Wildman–Crippen MR) is 64.6 cm³/mol. The van der Waals surface area contributed by atoms with Crippen molar-refractivity contribution in [1.82, 2.24) is 9.88 Å². The third-order valence-corrected chi connectivity index (χ3v) is 3.44. The van der Waals surface area contributed by atoms with Crippen LogP contribution in [-0.4, -0.2) is 33.0 Å². The van der Waals surface area contributed by atoms with Gasteiger partial charge in [-0.1, -0.05) is 0 Å². The van der Waals surface area contributed by atoms with Gasteiger partial charge in [-0.15, -0.1) is 11.3 Å². The standard InChI is InChI=1S/C11H18N2O2S/c1-8(9-5-12-7-16-9)13(6-10(14)15)11(2,3)4/h5,7-8H,6H2,1-4H3,(H,14,15). The molecule has 0 bridgehead atoms. The second-order valence-electron chi connectivity index (χ2n) is 4.77. The monoisotopic (exact) mass is 242 g/mol. The van der Waals surface area contributed by atoms with Crippen LogP contribution in [0, 0.1) is 0 Å². The molecule has 16 heavy (non-hydrogen) atoms. The van der Waals surface area contributed by atoms with Crippen LogP contribution in [0.3, 0.4) is 0 Å². The molecule has 1 rings (SSSR count). The predicted octanol–water partition coefficient (Wildman–Crippen LogP) is 2.39. The Morgan fingerprint density at radius 3 is 2.62 bits per heavy atom. The van der Waals surface area contributed by atoms with Crippen LogP contribution in [0.25, 0.3) is 0 Å². The van der Waals surface area contributed by atoms with Crippen molar-refractivity contribution in [2.75, 3.05) is 6.54 Å². The molecule has 5 heteroatoms. The number of thiazole rings is 1. The number of nitrogens with zero attached hydrogens (tertiary/aromatic N) is 2. The van der Waals surface area contributed by atoms with E-state index in [-0.39, 0.29) is 18.1 Å². The van der Waals surface area contributed by atoms with Gasteiger partial charge < -0.3 is 5.11 Å². The number of hydrogen-bond donors (Lipinski definition) is 1. The normalized spacial score (nSPS) is 14.1. The van der Waals surface area contributed by atoms with Gasteiger partial charge in [0.1, 0.15) is 0 Å². The van der Waals surface area contributed by atoms with Crippen molar-refractivity contribution in [3.63, 3.8) is 0 Å². The number of carboxylic acids is 1. The van der Waals surface area contributed by atoms with E-state index in [0.717, 1.165) is 4.88 Å². The Morgan fingerprint density at radius 1 is 1.62 bits per heavy atom. The number of rotatable bonds is 4. The summed E-state index contributed by atoms with van der Waals surface area (Å²) >= 11 is 1.56. The Kier molecular flexibility index (Phi) is 4.04. The molecule has 0 aromatic carbocycles. The van der Waals surface area contributed by atoms with E-state index in [1.165, 1.54) is 0 Å². The molecule has 4 nitrogen and oxygen atoms in total. The van der Waals surface area contributed by atoms with E-state index in [9.17, 15) is 4.79 Å². The average molecular weight is 242 g/mol. The van der Waals surface area contributed by atoms with Crippen molar-refractivity contribution < 1.29 is 9.90 Å². The lowest BCUT2D eigenvalue weighted by atomic mass is 10.0. The first-order chi connectivity index (χ1) is 7.32. The van der Waals surface area contributed by atoms with Crippen LogP contribution >= 0.6 is 11.3 Å². The minimum Gasteiger partial charge on any atom is -0.480 e. The highest BCUT2D eigenvalue weighted by molar-refractivity contribution is 7.09. The number of aliphatic carboxylic acids is 1. The summed E-state index contributed by atoms with van der Waals surface area (Å²) in [7, 11) is 0. The van der Waals surface area contributed by atoms with Gasteiger partial charge in [0, 0.05) is 22.7 Å². The van der Waals surface area contributed by atoms with Crippen molar-refractivity contribution in [3.05, 3.63) is 16.6 Å². The van der Waals surface area contributed by atoms with Gasteiger partial charge in [-0.2, -0.15) is 0 Å². The molecule has 0 amide bonds. The fraction of sp³-hybridized carbons (Fsp3) is 0.636. The van der Waals surface area contributed by atoms with Crippen LogP contribution in [-0.2, 0) is 4.79 Å². The topological polar surface area (TPSA) is 53.4 Å². The molecule has 0 radical (unpaired) electrons. The Hall–Kier alpha value is -0.940. The summed E-state index contributed by atoms with van der Waals surface area (Å²) in [6.45, 7) is 8.12. The molecule has 1 heterocycles. The zero-order valence-electron chi connectivity index (χ0n) is 10.1. The van der Waals surface area contributed by atoms with Gasteiger partial charge in [0.2, 0.25) is 0 Å². The summed E-state index contributed by atoms with van der Waals surface area (Å²) in [5.41, 5.74) is 1.59. The summed E-state index contributed by atoms with van der Waals surface area (Å²) in [6, 6.07) is 0.0728. The highest BCUT2D eigenvalue weighted by Crippen LogP contribution is 2.29. The quantitative estimate of drug-likeness (QED) is 0.880. The molecule has 0 spiro atoms. The van der Waals surface area contributed by atoms with Crippen LogP contribution in [0.15, 0.2) is 11.7 Å². The van der Waals surface area contributed by atoms with Gasteiger partial charge >= 0.3 is 5.97 Å². The van der Waals surface area contributed by atoms with Gasteiger partial charge in [-0.05, 0) is 27.7 Å². The van der Waals surface area contributed by atoms with E-state index >= 15 is 0 Å². The van der Waals surface area contributed by atoms with Crippen LogP contribution < -0.4 is 0 Å². The summed E-state index contributed by atoms with van der Waals surface area (Å²) in [5, 5.41) is 8.94. The molecule has 1 N–H and O–H groups in total. The SMILES string of the molecule is CC(c1cncs1)N(CC(=O)O)C(C)(C)C. The van der Waals surface area contributed by atoms with Gasteiger partial charge in [-0.25, -0.2) is 0 Å². The van der Waals surface area contributed by atoms with Crippen LogP contribution in [0.5, 0.6) is 0 Å². The van der Waals surface area contributed by atoms with Crippen molar-refractivity contribution >= 4 is 17.3 Å². The molecule has 0 saturated carbocycles. The number of hydrogen-bond acceptors (Lipinski definition) is 4. The molecule has 90 valence electrons. The zero-order chi connectivity index (χ0) is 12.3. The lowest BCUT2D eigenvalue weighted by molar-refractivity contribution is -0.140. The lowest BCUT2D eigenvalue weighted by Gasteiger charge is -2.38. The molecule has 0 saturated heterocycles. The first kappa shape index (κ1) is 13.1. The summed E-state index contributed by atoms with van der Waals surface area (Å²) in [4.78, 5) is 18.0. The summed E-state index contributed by atoms with van der Waals surface area (Å²) in [6.07, 6.45) is 1.80. The fourth-order valence-electron chi connectivity index (χ4n) is 1.69. The molecule has 0 fully saturated rings. The highest BCUT2D eigenvalue weighted by Gasteiger charge is 2.29. The molecule has 1 unspecified atom stereocenters. The summed E-state index contributed by atoms with van der Waals surface area (Å²) in [5.74, 6) is -0.800. The Morgan fingerprint density at radius 2 is 2.25 bits per heavy atom. The van der Waals surface area contributed by atoms with Crippen molar-refractivity contribution in [3.8, 4) is 0 Å². The second-order valence-corrected chi connectivity index (χ2v) is 5.69. The average Bonchev–Trinajstić information content (AvgIpc) is 2.63. The van der Waals surface area contributed by atoms with E-state index in [1.807, 2.05) is 32.6 Å². The Balaban J connectivity index is 2.89. The second kappa shape index (κ2) is 4.93. The van der Waals surface area contributed by atoms with Crippen LogP contribution in [0.1, 0.15) is 38.6 Å². The minimum atomic E-state index is -0.800. The molecule has 1 atom stereocenters. The Bertz CT molecular complexity index is 343. The van der Waals surface area contributed by atoms with Gasteiger partial charge in [0.15, 0.2) is 0 Å². The van der Waals surface area contributed by atoms with Gasteiger partial charge in [-0.3, -0.25) is 14.7 Å². The summed E-state index contributed by atoms with van der Waals surface area (Å²) < 4.78 is 0. The zero-order valence-corrected chi connectivity index (χ0v) is 10.9. The Labute approximate surface area is 99.9 Å². The van der Waals surface area contributed by atoms with Crippen molar-refractivity contribution in [2.45, 2.75) is 39.3 Å². The third kappa shape index (κ3) is 3.28. The maximum absolute atomic E-state index is 10.9. The highest BCUT2D eigenvalue weighted by atomic mass is 32.1. The van der Waals surface area contributed by atoms with E-state index < -0.39 is 5.97 Å². The molecule has 1 aromatic rings. The van der Waals surface area contributed by atoms with E-state index in [2.05, 4.69) is 4.98 Å². The van der Waals surface area contributed by atoms with Crippen LogP contribution in [0.4, 0.5) is 0 Å². The molecule has 1 aromatic heterocycles. The first-order valence-corrected chi connectivity index (χ1v) is 6.07. The molecule has 0 aliphatic heterocycles. The maximum atomic E-state index is 10.9. The van der Waals surface area contributed by atoms with Crippen molar-refractivity contribution in [1.29, 1.82) is 0 Å². The molecular weight excluding hydrogens is 224 g/mol. The molecular formula is C11H18N2O2S. The van der Waals surface area contributed by atoms with E-state index in [1.54, 1.807) is 23.0 Å². The molecule has 0 aliphatic carbocycles. The fourth-order valence-corrected chi connectivity index (χ4v) is 2.38. The number of carboxylic acid groups (broad SMARTS) is 1. The minimum absolute atomic E-state index is 0.0442. The third-order valence-electron chi connectivity index (χ3n) is 2.50. The first-order valence-electron chi connectivity index (χ1n) is 5.19.